The van der Waals surface area contributed by atoms with Crippen LogP contribution < -0.4 is 10.9 Å². The maximum Gasteiger partial charge on any atom is 0.290 e. The summed E-state index contributed by atoms with van der Waals surface area (Å²) in [5.74, 6) is -0.434. The molecule has 0 unspecified atom stereocenters. The number of carbonyl (C=O) groups excluding carboxylic acids is 1. The second kappa shape index (κ2) is 6.21. The van der Waals surface area contributed by atoms with Crippen molar-refractivity contribution in [2.75, 3.05) is 0 Å². The number of amides is 1. The molecule has 0 saturated carbocycles. The fourth-order valence-corrected chi connectivity index (χ4v) is 1.67. The first kappa shape index (κ1) is 14.8. The number of nitrogens with one attached hydrogen (secondary N) is 3. The lowest BCUT2D eigenvalue weighted by Crippen LogP contribution is -2.36. The fraction of sp³-hybridized carbons (Fsp3) is 0.200. The van der Waals surface area contributed by atoms with E-state index >= 15 is 0 Å². The van der Waals surface area contributed by atoms with Crippen molar-refractivity contribution in [1.29, 1.82) is 0 Å². The van der Waals surface area contributed by atoms with Crippen molar-refractivity contribution in [1.82, 2.24) is 21.0 Å². The molecule has 6 heteroatoms. The molecule has 21 heavy (non-hydrogen) atoms. The summed E-state index contributed by atoms with van der Waals surface area (Å²) in [6.07, 6.45) is 0. The second-order valence-electron chi connectivity index (χ2n) is 4.93. The van der Waals surface area contributed by atoms with E-state index in [1.54, 1.807) is 18.2 Å². The minimum Gasteiger partial charge on any atom is -0.298 e. The van der Waals surface area contributed by atoms with Crippen LogP contribution in [0.15, 0.2) is 36.9 Å². The van der Waals surface area contributed by atoms with Crippen LogP contribution in [0.5, 0.6) is 0 Å². The van der Waals surface area contributed by atoms with Gasteiger partial charge in [-0.3, -0.25) is 20.7 Å². The van der Waals surface area contributed by atoms with E-state index in [2.05, 4.69) is 27.6 Å². The molecule has 2 rings (SSSR count). The molecule has 1 amide bonds. The molecule has 2 aromatic rings. The Balaban J connectivity index is 1.94. The average Bonchev–Trinajstić information content (AvgIpc) is 2.95. The summed E-state index contributed by atoms with van der Waals surface area (Å²) in [5.41, 5.74) is 7.50. The minimum atomic E-state index is -0.374. The lowest BCUT2D eigenvalue weighted by atomic mass is 10.1. The molecule has 0 aliphatic carbocycles. The highest BCUT2D eigenvalue weighted by Gasteiger charge is 2.12. The molecular formula is C15H17FN4O. The molecule has 3 N–H and O–H groups in total. The summed E-state index contributed by atoms with van der Waals surface area (Å²) in [7, 11) is 0. The highest BCUT2D eigenvalue weighted by Crippen LogP contribution is 2.12. The molecule has 0 radical (unpaired) electrons. The van der Waals surface area contributed by atoms with Crippen molar-refractivity contribution in [3.8, 4) is 0 Å². The zero-order valence-corrected chi connectivity index (χ0v) is 11.9. The molecule has 1 heterocycles. The van der Waals surface area contributed by atoms with Gasteiger partial charge in [0, 0.05) is 5.69 Å². The van der Waals surface area contributed by atoms with Gasteiger partial charge in [-0.25, -0.2) is 4.39 Å². The van der Waals surface area contributed by atoms with Gasteiger partial charge in [-0.15, -0.1) is 0 Å². The van der Waals surface area contributed by atoms with Crippen LogP contribution in [0.2, 0.25) is 0 Å². The third-order valence-corrected chi connectivity index (χ3v) is 2.97. The van der Waals surface area contributed by atoms with Crippen LogP contribution in [-0.2, 0) is 0 Å². The Labute approximate surface area is 122 Å². The predicted molar refractivity (Wildman–Crippen MR) is 78.7 cm³/mol. The number of benzene rings is 1. The first-order chi connectivity index (χ1) is 9.97. The van der Waals surface area contributed by atoms with Crippen molar-refractivity contribution in [2.24, 2.45) is 0 Å². The van der Waals surface area contributed by atoms with Crippen molar-refractivity contribution >= 4 is 11.6 Å². The van der Waals surface area contributed by atoms with E-state index in [4.69, 9.17) is 0 Å². The molecular weight excluding hydrogens is 271 g/mol. The van der Waals surface area contributed by atoms with Gasteiger partial charge in [0.15, 0.2) is 5.69 Å². The summed E-state index contributed by atoms with van der Waals surface area (Å²) < 4.78 is 12.8. The zero-order valence-electron chi connectivity index (χ0n) is 11.9. The van der Waals surface area contributed by atoms with E-state index in [0.29, 0.717) is 11.3 Å². The van der Waals surface area contributed by atoms with Crippen molar-refractivity contribution in [3.63, 3.8) is 0 Å². The normalized spacial score (nSPS) is 10.5. The van der Waals surface area contributed by atoms with Gasteiger partial charge in [-0.1, -0.05) is 20.4 Å². The van der Waals surface area contributed by atoms with Crippen molar-refractivity contribution < 1.29 is 9.18 Å². The van der Waals surface area contributed by atoms with E-state index in [-0.39, 0.29) is 23.3 Å². The lowest BCUT2D eigenvalue weighted by Gasteiger charge is -2.10. The molecule has 0 aliphatic heterocycles. The van der Waals surface area contributed by atoms with Crippen LogP contribution in [0.4, 0.5) is 4.39 Å². The Kier molecular flexibility index (Phi) is 4.37. The fourth-order valence-electron chi connectivity index (χ4n) is 1.67. The third kappa shape index (κ3) is 3.68. The molecule has 0 fully saturated rings. The summed E-state index contributed by atoms with van der Waals surface area (Å²) in [5, 5.41) is 6.75. The average molecular weight is 288 g/mol. The van der Waals surface area contributed by atoms with Gasteiger partial charge < -0.3 is 0 Å². The van der Waals surface area contributed by atoms with Gasteiger partial charge >= 0.3 is 0 Å². The Morgan fingerprint density at radius 3 is 2.52 bits per heavy atom. The highest BCUT2D eigenvalue weighted by molar-refractivity contribution is 5.92. The molecule has 1 aromatic heterocycles. The number of hydrogen-bond acceptors (Lipinski definition) is 3. The Morgan fingerprint density at radius 1 is 1.29 bits per heavy atom. The molecule has 0 bridgehead atoms. The van der Waals surface area contributed by atoms with Crippen LogP contribution in [-0.4, -0.2) is 16.1 Å². The van der Waals surface area contributed by atoms with Gasteiger partial charge in [-0.05, 0) is 41.8 Å². The first-order valence-corrected chi connectivity index (χ1v) is 6.54. The van der Waals surface area contributed by atoms with Crippen LogP contribution in [0.1, 0.15) is 41.5 Å². The minimum absolute atomic E-state index is 0.265. The van der Waals surface area contributed by atoms with Crippen LogP contribution in [0.25, 0.3) is 5.70 Å². The number of nitrogens with zero attached hydrogens (tertiary/aromatic N) is 1. The Bertz CT molecular complexity index is 646. The molecule has 1 aromatic carbocycles. The Morgan fingerprint density at radius 2 is 1.95 bits per heavy atom. The summed E-state index contributed by atoms with van der Waals surface area (Å²) in [6.45, 7) is 7.78. The molecule has 5 nitrogen and oxygen atoms in total. The number of halogens is 1. The number of hydrazine groups is 1. The monoisotopic (exact) mass is 288 g/mol. The van der Waals surface area contributed by atoms with Crippen LogP contribution in [0.3, 0.4) is 0 Å². The smallest absolute Gasteiger partial charge is 0.290 e. The Hall–Kier alpha value is -2.63. The molecule has 0 atom stereocenters. The largest absolute Gasteiger partial charge is 0.298 e. The SMILES string of the molecule is C=C(NNC(=O)c1cc(C(C)C)[nH]n1)c1ccc(F)cc1. The van der Waals surface area contributed by atoms with Gasteiger partial charge in [-0.2, -0.15) is 5.10 Å². The van der Waals surface area contributed by atoms with E-state index < -0.39 is 0 Å². The number of H-pyrrole nitrogens is 1. The molecule has 110 valence electrons. The molecule has 0 aliphatic rings. The molecule has 0 saturated heterocycles. The number of rotatable bonds is 5. The number of aromatic nitrogens is 2. The number of carbonyl (C=O) groups is 1. The third-order valence-electron chi connectivity index (χ3n) is 2.97. The predicted octanol–water partition coefficient (Wildman–Crippen LogP) is 2.58. The zero-order chi connectivity index (χ0) is 15.4. The maximum atomic E-state index is 12.8. The number of aromatic amines is 1. The van der Waals surface area contributed by atoms with Gasteiger partial charge in [0.25, 0.3) is 5.91 Å². The van der Waals surface area contributed by atoms with E-state index in [0.717, 1.165) is 5.69 Å². The second-order valence-corrected chi connectivity index (χ2v) is 4.93. The number of hydrogen-bond donors (Lipinski definition) is 3. The van der Waals surface area contributed by atoms with E-state index in [1.807, 2.05) is 13.8 Å². The van der Waals surface area contributed by atoms with E-state index in [9.17, 15) is 9.18 Å². The van der Waals surface area contributed by atoms with Gasteiger partial charge in [0.1, 0.15) is 5.82 Å². The molecule has 0 spiro atoms. The quantitative estimate of drug-likeness (QED) is 0.741. The van der Waals surface area contributed by atoms with Gasteiger partial charge in [0.05, 0.1) is 5.70 Å². The summed E-state index contributed by atoms with van der Waals surface area (Å²) in [4.78, 5) is 11.9. The first-order valence-electron chi connectivity index (χ1n) is 6.54. The van der Waals surface area contributed by atoms with E-state index in [1.165, 1.54) is 12.1 Å². The summed E-state index contributed by atoms with van der Waals surface area (Å²) >= 11 is 0. The van der Waals surface area contributed by atoms with Crippen LogP contribution in [0, 0.1) is 5.82 Å². The van der Waals surface area contributed by atoms with Crippen LogP contribution >= 0.6 is 0 Å². The standard InChI is InChI=1S/C15H17FN4O/c1-9(2)13-8-14(19-18-13)15(21)20-17-10(3)11-4-6-12(16)7-5-11/h4-9,17H,3H2,1-2H3,(H,18,19)(H,20,21). The van der Waals surface area contributed by atoms with Gasteiger partial charge in [0.2, 0.25) is 0 Å². The highest BCUT2D eigenvalue weighted by atomic mass is 19.1. The lowest BCUT2D eigenvalue weighted by molar-refractivity contribution is 0.0937. The summed E-state index contributed by atoms with van der Waals surface area (Å²) in [6, 6.07) is 7.49. The maximum absolute atomic E-state index is 12.8. The van der Waals surface area contributed by atoms with Crippen molar-refractivity contribution in [2.45, 2.75) is 19.8 Å². The topological polar surface area (TPSA) is 69.8 Å². The van der Waals surface area contributed by atoms with Crippen molar-refractivity contribution in [3.05, 3.63) is 59.7 Å².